The van der Waals surface area contributed by atoms with Gasteiger partial charge in [0.1, 0.15) is 11.5 Å². The molecule has 3 heterocycles. The van der Waals surface area contributed by atoms with Crippen LogP contribution in [0.3, 0.4) is 0 Å². The van der Waals surface area contributed by atoms with Crippen molar-refractivity contribution in [3.05, 3.63) is 88.9 Å². The summed E-state index contributed by atoms with van der Waals surface area (Å²) < 4.78 is 11.1. The van der Waals surface area contributed by atoms with Gasteiger partial charge in [-0.15, -0.1) is 0 Å². The molecule has 2 aliphatic heterocycles. The van der Waals surface area contributed by atoms with Crippen molar-refractivity contribution in [2.45, 2.75) is 33.2 Å². The van der Waals surface area contributed by atoms with Crippen LogP contribution >= 0.6 is 0 Å². The minimum absolute atomic E-state index is 0.0154. The maximum Gasteiger partial charge on any atom is 0.294 e. The van der Waals surface area contributed by atoms with E-state index in [9.17, 15) is 19.5 Å². The number of Topliss-reactive ketones (excluding diaryl/α,β-unsaturated/α-hetero) is 1. The molecule has 0 saturated carbocycles. The summed E-state index contributed by atoms with van der Waals surface area (Å²) >= 11 is 0. The molecular formula is C31H32N2O6. The summed E-state index contributed by atoms with van der Waals surface area (Å²) in [5.74, 6) is -0.283. The van der Waals surface area contributed by atoms with Crippen molar-refractivity contribution in [2.75, 3.05) is 31.2 Å². The summed E-state index contributed by atoms with van der Waals surface area (Å²) in [7, 11) is 0. The van der Waals surface area contributed by atoms with Gasteiger partial charge in [0.15, 0.2) is 11.5 Å². The van der Waals surface area contributed by atoms with E-state index in [-0.39, 0.29) is 29.6 Å². The molecule has 39 heavy (non-hydrogen) atoms. The number of amides is 2. The summed E-state index contributed by atoms with van der Waals surface area (Å²) in [6.07, 6.45) is 0.160. The zero-order valence-corrected chi connectivity index (χ0v) is 22.3. The third-order valence-corrected chi connectivity index (χ3v) is 7.06. The van der Waals surface area contributed by atoms with Gasteiger partial charge in [0, 0.05) is 36.3 Å². The standard InChI is InChI=1S/C31H32N2O6/c1-19(2)18-25(34)27-28(23-6-4-5-7-24(23)30(36)32-14-16-38-17-15-32)33(31(37)29(27)35)22-11-9-21(10-12-22)26-13-8-20(3)39-26/h4-13,19,28,35H,14-18H2,1-3H3. The second-order valence-electron chi connectivity index (χ2n) is 10.3. The summed E-state index contributed by atoms with van der Waals surface area (Å²) in [4.78, 5) is 43.8. The minimum atomic E-state index is -0.957. The van der Waals surface area contributed by atoms with Crippen molar-refractivity contribution < 1.29 is 28.6 Å². The topological polar surface area (TPSA) is 100 Å². The second-order valence-corrected chi connectivity index (χ2v) is 10.3. The number of rotatable bonds is 7. The first kappa shape index (κ1) is 26.4. The average molecular weight is 529 g/mol. The van der Waals surface area contributed by atoms with Crippen molar-refractivity contribution in [3.8, 4) is 11.3 Å². The Hall–Kier alpha value is -4.17. The fraction of sp³-hybridized carbons (Fsp3) is 0.323. The molecule has 5 rings (SSSR count). The fourth-order valence-corrected chi connectivity index (χ4v) is 5.17. The molecule has 0 aliphatic carbocycles. The smallest absolute Gasteiger partial charge is 0.294 e. The Morgan fingerprint density at radius 2 is 1.69 bits per heavy atom. The number of aryl methyl sites for hydroxylation is 1. The average Bonchev–Trinajstić information content (AvgIpc) is 3.49. The number of aliphatic hydroxyl groups excluding tert-OH is 1. The predicted molar refractivity (Wildman–Crippen MR) is 146 cm³/mol. The molecule has 2 aromatic carbocycles. The Morgan fingerprint density at radius 1 is 1.00 bits per heavy atom. The zero-order chi connectivity index (χ0) is 27.7. The van der Waals surface area contributed by atoms with Gasteiger partial charge in [-0.2, -0.15) is 0 Å². The minimum Gasteiger partial charge on any atom is -0.503 e. The van der Waals surface area contributed by atoms with E-state index < -0.39 is 17.7 Å². The van der Waals surface area contributed by atoms with Gasteiger partial charge in [0.2, 0.25) is 0 Å². The number of morpholine rings is 1. The third kappa shape index (κ3) is 5.12. The largest absolute Gasteiger partial charge is 0.503 e. The fourth-order valence-electron chi connectivity index (χ4n) is 5.17. The van der Waals surface area contributed by atoms with E-state index >= 15 is 0 Å². The maximum absolute atomic E-state index is 13.6. The van der Waals surface area contributed by atoms with Crippen LogP contribution in [0.2, 0.25) is 0 Å². The van der Waals surface area contributed by atoms with Crippen molar-refractivity contribution in [2.24, 2.45) is 5.92 Å². The van der Waals surface area contributed by atoms with Crippen LogP contribution in [0.5, 0.6) is 0 Å². The van der Waals surface area contributed by atoms with Crippen LogP contribution in [0.15, 0.2) is 76.4 Å². The highest BCUT2D eigenvalue weighted by molar-refractivity contribution is 6.17. The number of nitrogens with zero attached hydrogens (tertiary/aromatic N) is 2. The molecule has 1 N–H and O–H groups in total. The first-order valence-electron chi connectivity index (χ1n) is 13.2. The van der Waals surface area contributed by atoms with Gasteiger partial charge in [-0.25, -0.2) is 0 Å². The normalized spacial score (nSPS) is 17.8. The SMILES string of the molecule is Cc1ccc(-c2ccc(N3C(=O)C(O)=C(C(=O)CC(C)C)C3c3ccccc3C(=O)N3CCOCC3)cc2)o1. The Labute approximate surface area is 227 Å². The van der Waals surface area contributed by atoms with Crippen molar-refractivity contribution in [3.63, 3.8) is 0 Å². The van der Waals surface area contributed by atoms with Crippen molar-refractivity contribution >= 4 is 23.3 Å². The molecule has 1 atom stereocenters. The van der Waals surface area contributed by atoms with Gasteiger partial charge in [-0.3, -0.25) is 19.3 Å². The first-order valence-corrected chi connectivity index (χ1v) is 13.2. The number of ether oxygens (including phenoxy) is 1. The number of anilines is 1. The molecule has 1 unspecified atom stereocenters. The van der Waals surface area contributed by atoms with Crippen LogP contribution in [-0.2, 0) is 14.3 Å². The number of benzene rings is 2. The molecule has 8 nitrogen and oxygen atoms in total. The molecular weight excluding hydrogens is 496 g/mol. The highest BCUT2D eigenvalue weighted by Crippen LogP contribution is 2.43. The molecule has 0 radical (unpaired) electrons. The number of furan rings is 1. The predicted octanol–water partition coefficient (Wildman–Crippen LogP) is 5.24. The van der Waals surface area contributed by atoms with E-state index in [0.717, 1.165) is 11.3 Å². The van der Waals surface area contributed by atoms with Crippen LogP contribution in [0.25, 0.3) is 11.3 Å². The number of carbonyl (C=O) groups excluding carboxylic acids is 3. The molecule has 1 fully saturated rings. The highest BCUT2D eigenvalue weighted by Gasteiger charge is 2.45. The number of hydrogen-bond donors (Lipinski definition) is 1. The number of hydrogen-bond acceptors (Lipinski definition) is 6. The van der Waals surface area contributed by atoms with Crippen LogP contribution in [0.4, 0.5) is 5.69 Å². The third-order valence-electron chi connectivity index (χ3n) is 7.06. The van der Waals surface area contributed by atoms with E-state index in [0.29, 0.717) is 48.9 Å². The molecule has 2 amide bonds. The lowest BCUT2D eigenvalue weighted by molar-refractivity contribution is -0.118. The summed E-state index contributed by atoms with van der Waals surface area (Å²) in [6, 6.07) is 17.0. The van der Waals surface area contributed by atoms with Crippen LogP contribution in [-0.4, -0.2) is 53.9 Å². The van der Waals surface area contributed by atoms with E-state index in [4.69, 9.17) is 9.15 Å². The summed E-state index contributed by atoms with van der Waals surface area (Å²) in [5, 5.41) is 11.1. The van der Waals surface area contributed by atoms with E-state index in [1.54, 1.807) is 41.3 Å². The summed E-state index contributed by atoms with van der Waals surface area (Å²) in [5.41, 5.74) is 2.20. The molecule has 1 aromatic heterocycles. The Morgan fingerprint density at radius 3 is 2.33 bits per heavy atom. The summed E-state index contributed by atoms with van der Waals surface area (Å²) in [6.45, 7) is 7.48. The molecule has 0 bridgehead atoms. The van der Waals surface area contributed by atoms with Crippen molar-refractivity contribution in [1.82, 2.24) is 4.90 Å². The maximum atomic E-state index is 13.6. The lowest BCUT2D eigenvalue weighted by Crippen LogP contribution is -2.41. The lowest BCUT2D eigenvalue weighted by Gasteiger charge is -2.31. The molecule has 1 saturated heterocycles. The van der Waals surface area contributed by atoms with Crippen LogP contribution < -0.4 is 4.90 Å². The van der Waals surface area contributed by atoms with E-state index in [1.807, 2.05) is 45.0 Å². The monoisotopic (exact) mass is 528 g/mol. The quantitative estimate of drug-likeness (QED) is 0.450. The van der Waals surface area contributed by atoms with Crippen LogP contribution in [0.1, 0.15) is 48.0 Å². The molecule has 3 aromatic rings. The zero-order valence-electron chi connectivity index (χ0n) is 22.3. The highest BCUT2D eigenvalue weighted by atomic mass is 16.5. The van der Waals surface area contributed by atoms with E-state index in [1.165, 1.54) is 4.90 Å². The molecule has 2 aliphatic rings. The Bertz CT molecular complexity index is 1430. The number of ketones is 1. The second kappa shape index (κ2) is 10.9. The number of carbonyl (C=O) groups is 3. The van der Waals surface area contributed by atoms with Crippen molar-refractivity contribution in [1.29, 1.82) is 0 Å². The van der Waals surface area contributed by atoms with E-state index in [2.05, 4.69) is 0 Å². The van der Waals surface area contributed by atoms with Gasteiger partial charge in [-0.1, -0.05) is 32.0 Å². The van der Waals surface area contributed by atoms with Crippen LogP contribution in [0, 0.1) is 12.8 Å². The lowest BCUT2D eigenvalue weighted by atomic mass is 9.89. The van der Waals surface area contributed by atoms with Gasteiger partial charge in [-0.05, 0) is 60.9 Å². The van der Waals surface area contributed by atoms with Gasteiger partial charge >= 0.3 is 0 Å². The first-order chi connectivity index (χ1) is 18.8. The Kier molecular flexibility index (Phi) is 7.39. The van der Waals surface area contributed by atoms with Gasteiger partial charge in [0.25, 0.3) is 11.8 Å². The Balaban J connectivity index is 1.60. The van der Waals surface area contributed by atoms with Gasteiger partial charge in [0.05, 0.1) is 24.8 Å². The molecule has 202 valence electrons. The number of aliphatic hydroxyl groups is 1. The molecule has 8 heteroatoms. The molecule has 0 spiro atoms. The van der Waals surface area contributed by atoms with Gasteiger partial charge < -0.3 is 19.2 Å².